The summed E-state index contributed by atoms with van der Waals surface area (Å²) in [7, 11) is 0. The first kappa shape index (κ1) is 16.6. The summed E-state index contributed by atoms with van der Waals surface area (Å²) in [5.41, 5.74) is 2.46. The molecule has 2 nitrogen and oxygen atoms in total. The first-order chi connectivity index (χ1) is 9.97. The quantitative estimate of drug-likeness (QED) is 0.617. The van der Waals surface area contributed by atoms with E-state index < -0.39 is 0 Å². The van der Waals surface area contributed by atoms with Crippen molar-refractivity contribution in [2.24, 2.45) is 0 Å². The molecular formula is C18H27ClO2. The standard InChI is InChI=1S/C18H27ClO2/c1-6-13(8-17-12(5)21-17)16-10-14(19)9-15(11(3)4)18(16)20-7-2/h9-13,17H,6-8H2,1-5H3. The van der Waals surface area contributed by atoms with Crippen LogP contribution in [0.1, 0.15) is 70.4 Å². The highest BCUT2D eigenvalue weighted by Crippen LogP contribution is 2.42. The minimum atomic E-state index is 0.394. The molecule has 0 N–H and O–H groups in total. The number of rotatable bonds is 7. The fourth-order valence-electron chi connectivity index (χ4n) is 2.95. The lowest BCUT2D eigenvalue weighted by Crippen LogP contribution is -2.09. The van der Waals surface area contributed by atoms with E-state index in [1.807, 2.05) is 13.0 Å². The lowest BCUT2D eigenvalue weighted by molar-refractivity contribution is 0.322. The summed E-state index contributed by atoms with van der Waals surface area (Å²) in [6.07, 6.45) is 2.92. The first-order valence-corrected chi connectivity index (χ1v) is 8.47. The maximum atomic E-state index is 6.36. The summed E-state index contributed by atoms with van der Waals surface area (Å²) in [4.78, 5) is 0. The maximum absolute atomic E-state index is 6.36. The van der Waals surface area contributed by atoms with E-state index in [1.165, 1.54) is 11.1 Å². The van der Waals surface area contributed by atoms with Crippen LogP contribution in [0.3, 0.4) is 0 Å². The third-order valence-corrected chi connectivity index (χ3v) is 4.53. The molecule has 0 aromatic heterocycles. The van der Waals surface area contributed by atoms with Crippen LogP contribution in [-0.2, 0) is 4.74 Å². The second-order valence-electron chi connectivity index (χ2n) is 6.22. The van der Waals surface area contributed by atoms with Crippen molar-refractivity contribution in [3.63, 3.8) is 0 Å². The molecule has 2 rings (SSSR count). The Kier molecular flexibility index (Phi) is 5.56. The molecule has 1 saturated heterocycles. The van der Waals surface area contributed by atoms with Gasteiger partial charge in [-0.2, -0.15) is 0 Å². The second kappa shape index (κ2) is 7.02. The van der Waals surface area contributed by atoms with Gasteiger partial charge in [0.1, 0.15) is 5.75 Å². The Labute approximate surface area is 133 Å². The minimum Gasteiger partial charge on any atom is -0.493 e. The van der Waals surface area contributed by atoms with E-state index >= 15 is 0 Å². The van der Waals surface area contributed by atoms with Crippen LogP contribution < -0.4 is 4.74 Å². The molecule has 3 unspecified atom stereocenters. The number of ether oxygens (including phenoxy) is 2. The van der Waals surface area contributed by atoms with Crippen LogP contribution in [-0.4, -0.2) is 18.8 Å². The molecule has 0 bridgehead atoms. The highest BCUT2D eigenvalue weighted by molar-refractivity contribution is 6.30. The van der Waals surface area contributed by atoms with Gasteiger partial charge in [0, 0.05) is 5.02 Å². The molecule has 0 radical (unpaired) electrons. The lowest BCUT2D eigenvalue weighted by Gasteiger charge is -2.23. The number of benzene rings is 1. The van der Waals surface area contributed by atoms with E-state index in [9.17, 15) is 0 Å². The molecule has 1 fully saturated rings. The topological polar surface area (TPSA) is 21.8 Å². The molecule has 21 heavy (non-hydrogen) atoms. The van der Waals surface area contributed by atoms with Gasteiger partial charge in [-0.1, -0.05) is 32.4 Å². The third-order valence-electron chi connectivity index (χ3n) is 4.31. The summed E-state index contributed by atoms with van der Waals surface area (Å²) in [6, 6.07) is 4.13. The zero-order chi connectivity index (χ0) is 15.6. The molecule has 0 aliphatic carbocycles. The molecule has 1 aliphatic heterocycles. The summed E-state index contributed by atoms with van der Waals surface area (Å²) >= 11 is 6.36. The van der Waals surface area contributed by atoms with Crippen LogP contribution in [0.2, 0.25) is 5.02 Å². The Hall–Kier alpha value is -0.730. The Morgan fingerprint density at radius 2 is 1.86 bits per heavy atom. The van der Waals surface area contributed by atoms with E-state index in [0.29, 0.717) is 30.7 Å². The van der Waals surface area contributed by atoms with Gasteiger partial charge in [-0.25, -0.2) is 0 Å². The molecule has 3 atom stereocenters. The summed E-state index contributed by atoms with van der Waals surface area (Å²) in [5, 5.41) is 0.806. The van der Waals surface area contributed by atoms with Crippen molar-refractivity contribution in [1.82, 2.24) is 0 Å². The van der Waals surface area contributed by atoms with E-state index in [1.54, 1.807) is 0 Å². The van der Waals surface area contributed by atoms with Gasteiger partial charge in [0.15, 0.2) is 0 Å². The molecule has 1 aliphatic rings. The van der Waals surface area contributed by atoms with Crippen molar-refractivity contribution >= 4 is 11.6 Å². The van der Waals surface area contributed by atoms with Crippen LogP contribution >= 0.6 is 11.6 Å². The molecule has 1 aromatic carbocycles. The van der Waals surface area contributed by atoms with Gasteiger partial charge in [0.2, 0.25) is 0 Å². The van der Waals surface area contributed by atoms with Crippen molar-refractivity contribution in [3.05, 3.63) is 28.3 Å². The van der Waals surface area contributed by atoms with Crippen molar-refractivity contribution in [2.75, 3.05) is 6.61 Å². The smallest absolute Gasteiger partial charge is 0.126 e. The minimum absolute atomic E-state index is 0.394. The average Bonchev–Trinajstić information content (AvgIpc) is 3.13. The van der Waals surface area contributed by atoms with E-state index in [-0.39, 0.29) is 0 Å². The first-order valence-electron chi connectivity index (χ1n) is 8.09. The molecule has 0 saturated carbocycles. The highest BCUT2D eigenvalue weighted by atomic mass is 35.5. The molecular weight excluding hydrogens is 284 g/mol. The monoisotopic (exact) mass is 310 g/mol. The van der Waals surface area contributed by atoms with Gasteiger partial charge in [0.25, 0.3) is 0 Å². The van der Waals surface area contributed by atoms with Gasteiger partial charge in [-0.3, -0.25) is 0 Å². The largest absolute Gasteiger partial charge is 0.493 e. The third kappa shape index (κ3) is 3.92. The number of hydrogen-bond donors (Lipinski definition) is 0. The highest BCUT2D eigenvalue weighted by Gasteiger charge is 2.36. The molecule has 1 aromatic rings. The number of halogens is 1. The normalized spacial score (nSPS) is 22.4. The Balaban J connectivity index is 2.38. The number of hydrogen-bond acceptors (Lipinski definition) is 2. The fraction of sp³-hybridized carbons (Fsp3) is 0.667. The molecule has 3 heteroatoms. The fourth-order valence-corrected chi connectivity index (χ4v) is 3.19. The van der Waals surface area contributed by atoms with Gasteiger partial charge in [-0.15, -0.1) is 0 Å². The van der Waals surface area contributed by atoms with Crippen LogP contribution in [0.4, 0.5) is 0 Å². The molecule has 118 valence electrons. The average molecular weight is 311 g/mol. The number of epoxide rings is 1. The van der Waals surface area contributed by atoms with Gasteiger partial charge in [-0.05, 0) is 61.8 Å². The molecule has 0 spiro atoms. The maximum Gasteiger partial charge on any atom is 0.126 e. The van der Waals surface area contributed by atoms with E-state index in [0.717, 1.165) is 23.6 Å². The van der Waals surface area contributed by atoms with Crippen LogP contribution in [0, 0.1) is 0 Å². The molecule has 1 heterocycles. The van der Waals surface area contributed by atoms with Gasteiger partial charge >= 0.3 is 0 Å². The van der Waals surface area contributed by atoms with Gasteiger partial charge in [0.05, 0.1) is 18.8 Å². The van der Waals surface area contributed by atoms with Crippen molar-refractivity contribution in [2.45, 2.75) is 71.5 Å². The SMILES string of the molecule is CCOc1c(C(C)C)cc(Cl)cc1C(CC)CC1OC1C. The van der Waals surface area contributed by atoms with E-state index in [4.69, 9.17) is 21.1 Å². The Bertz CT molecular complexity index is 484. The van der Waals surface area contributed by atoms with Crippen molar-refractivity contribution in [3.8, 4) is 5.75 Å². The van der Waals surface area contributed by atoms with E-state index in [2.05, 4.69) is 33.8 Å². The summed E-state index contributed by atoms with van der Waals surface area (Å²) < 4.78 is 11.6. The van der Waals surface area contributed by atoms with Gasteiger partial charge < -0.3 is 9.47 Å². The van der Waals surface area contributed by atoms with Crippen LogP contribution in [0.15, 0.2) is 12.1 Å². The van der Waals surface area contributed by atoms with Crippen LogP contribution in [0.25, 0.3) is 0 Å². The predicted octanol–water partition coefficient (Wildman–Crippen LogP) is 5.53. The predicted molar refractivity (Wildman–Crippen MR) is 88.7 cm³/mol. The Morgan fingerprint density at radius 3 is 2.33 bits per heavy atom. The molecule has 0 amide bonds. The summed E-state index contributed by atoms with van der Waals surface area (Å²) in [5.74, 6) is 1.88. The second-order valence-corrected chi connectivity index (χ2v) is 6.66. The van der Waals surface area contributed by atoms with Crippen molar-refractivity contribution in [1.29, 1.82) is 0 Å². The Morgan fingerprint density at radius 1 is 1.24 bits per heavy atom. The zero-order valence-electron chi connectivity index (χ0n) is 13.8. The van der Waals surface area contributed by atoms with Crippen molar-refractivity contribution < 1.29 is 9.47 Å². The summed E-state index contributed by atoms with van der Waals surface area (Å²) in [6.45, 7) is 11.5. The zero-order valence-corrected chi connectivity index (χ0v) is 14.5. The lowest BCUT2D eigenvalue weighted by atomic mass is 9.87. The van der Waals surface area contributed by atoms with Crippen LogP contribution in [0.5, 0.6) is 5.75 Å².